The molecule has 2 aliphatic heterocycles. The Hall–Kier alpha value is -2.02. The van der Waals surface area contributed by atoms with Crippen molar-refractivity contribution in [3.05, 3.63) is 35.4 Å². The summed E-state index contributed by atoms with van der Waals surface area (Å²) in [5, 5.41) is 0. The number of likely N-dealkylation sites (tertiary alicyclic amines) is 2. The van der Waals surface area contributed by atoms with Crippen molar-refractivity contribution in [3.8, 4) is 0 Å². The third-order valence-corrected chi connectivity index (χ3v) is 5.63. The Morgan fingerprint density at radius 3 is 2.62 bits per heavy atom. The van der Waals surface area contributed by atoms with Crippen molar-refractivity contribution in [3.63, 3.8) is 0 Å². The molecule has 1 aromatic carbocycles. The third-order valence-electron chi connectivity index (χ3n) is 5.63. The molecule has 2 fully saturated rings. The molecule has 2 saturated heterocycles. The van der Waals surface area contributed by atoms with Crippen LogP contribution in [0.2, 0.25) is 0 Å². The van der Waals surface area contributed by atoms with E-state index in [2.05, 4.69) is 0 Å². The molecule has 0 aliphatic carbocycles. The molecule has 0 saturated carbocycles. The molecule has 0 unspecified atom stereocenters. The van der Waals surface area contributed by atoms with Gasteiger partial charge in [0, 0.05) is 56.6 Å². The summed E-state index contributed by atoms with van der Waals surface area (Å²) in [6, 6.07) is 3.22. The fraction of sp³-hybridized carbons (Fsp3) is 0.579. The van der Waals surface area contributed by atoms with Gasteiger partial charge in [-0.05, 0) is 31.5 Å². The van der Waals surface area contributed by atoms with Crippen molar-refractivity contribution in [1.29, 1.82) is 0 Å². The lowest BCUT2D eigenvalue weighted by atomic mass is 9.73. The molecule has 1 aromatic rings. The number of nitrogens with zero attached hydrogens (tertiary/aromatic N) is 2. The Morgan fingerprint density at radius 2 is 1.96 bits per heavy atom. The van der Waals surface area contributed by atoms with Crippen LogP contribution in [0.15, 0.2) is 18.2 Å². The average Bonchev–Trinajstić information content (AvgIpc) is 3.00. The number of piperidine rings is 1. The molecule has 0 spiro atoms. The first-order valence-electron chi connectivity index (χ1n) is 8.94. The second-order valence-corrected chi connectivity index (χ2v) is 7.23. The van der Waals surface area contributed by atoms with Crippen molar-refractivity contribution in [2.24, 2.45) is 11.3 Å². The molecule has 2 atom stereocenters. The zero-order valence-electron chi connectivity index (χ0n) is 15.1. The van der Waals surface area contributed by atoms with Crippen LogP contribution in [0.1, 0.15) is 30.6 Å². The zero-order valence-corrected chi connectivity index (χ0v) is 15.1. The molecule has 0 N–H and O–H groups in total. The summed E-state index contributed by atoms with van der Waals surface area (Å²) in [6.07, 6.45) is 0.763. The number of halogens is 2. The number of ether oxygens (including phenoxy) is 1. The summed E-state index contributed by atoms with van der Waals surface area (Å²) in [5.74, 6) is -2.18. The number of rotatable bonds is 4. The van der Waals surface area contributed by atoms with Crippen LogP contribution >= 0.6 is 0 Å². The quantitative estimate of drug-likeness (QED) is 0.822. The SMILES string of the molecule is CCOC[C@@]12CCN(C(C)=O)C[C@@H]1CN(C(=O)c1ccc(F)c(F)c1)C2. The molecule has 0 bridgehead atoms. The van der Waals surface area contributed by atoms with Crippen molar-refractivity contribution >= 4 is 11.8 Å². The number of hydrogen-bond acceptors (Lipinski definition) is 3. The van der Waals surface area contributed by atoms with Gasteiger partial charge < -0.3 is 14.5 Å². The lowest BCUT2D eigenvalue weighted by molar-refractivity contribution is -0.133. The molecule has 2 heterocycles. The van der Waals surface area contributed by atoms with Crippen molar-refractivity contribution in [2.75, 3.05) is 39.4 Å². The number of benzene rings is 1. The van der Waals surface area contributed by atoms with Crippen LogP contribution in [-0.4, -0.2) is 61.0 Å². The second-order valence-electron chi connectivity index (χ2n) is 7.23. The van der Waals surface area contributed by atoms with E-state index in [1.54, 1.807) is 16.7 Å². The van der Waals surface area contributed by atoms with Gasteiger partial charge in [0.1, 0.15) is 0 Å². The number of amides is 2. The monoisotopic (exact) mass is 366 g/mol. The Morgan fingerprint density at radius 1 is 1.23 bits per heavy atom. The van der Waals surface area contributed by atoms with E-state index in [-0.39, 0.29) is 28.7 Å². The van der Waals surface area contributed by atoms with Gasteiger partial charge >= 0.3 is 0 Å². The summed E-state index contributed by atoms with van der Waals surface area (Å²) in [7, 11) is 0. The average molecular weight is 366 g/mol. The predicted molar refractivity (Wildman–Crippen MR) is 91.5 cm³/mol. The molecule has 5 nitrogen and oxygen atoms in total. The van der Waals surface area contributed by atoms with Gasteiger partial charge in [-0.1, -0.05) is 0 Å². The van der Waals surface area contributed by atoms with E-state index in [0.717, 1.165) is 18.6 Å². The van der Waals surface area contributed by atoms with Gasteiger partial charge in [-0.15, -0.1) is 0 Å². The van der Waals surface area contributed by atoms with E-state index in [4.69, 9.17) is 4.74 Å². The van der Waals surface area contributed by atoms with Crippen molar-refractivity contribution in [2.45, 2.75) is 20.3 Å². The molecule has 2 aliphatic rings. The molecule has 26 heavy (non-hydrogen) atoms. The van der Waals surface area contributed by atoms with Crippen LogP contribution in [0, 0.1) is 23.0 Å². The molecular formula is C19H24F2N2O3. The first-order valence-corrected chi connectivity index (χ1v) is 8.94. The normalized spacial score (nSPS) is 25.3. The minimum atomic E-state index is -1.03. The van der Waals surface area contributed by atoms with Crippen LogP contribution in [0.4, 0.5) is 8.78 Å². The molecule has 142 valence electrons. The molecule has 2 amide bonds. The highest BCUT2D eigenvalue weighted by molar-refractivity contribution is 5.94. The predicted octanol–water partition coefficient (Wildman–Crippen LogP) is 2.31. The lowest BCUT2D eigenvalue weighted by Crippen LogP contribution is -2.50. The summed E-state index contributed by atoms with van der Waals surface area (Å²) in [6.45, 7) is 6.81. The van der Waals surface area contributed by atoms with E-state index in [1.165, 1.54) is 6.07 Å². The van der Waals surface area contributed by atoms with Gasteiger partial charge in [-0.3, -0.25) is 9.59 Å². The highest BCUT2D eigenvalue weighted by atomic mass is 19.2. The van der Waals surface area contributed by atoms with Gasteiger partial charge in [-0.25, -0.2) is 8.78 Å². The zero-order chi connectivity index (χ0) is 18.9. The summed E-state index contributed by atoms with van der Waals surface area (Å²) < 4.78 is 32.3. The molecule has 0 radical (unpaired) electrons. The largest absolute Gasteiger partial charge is 0.381 e. The van der Waals surface area contributed by atoms with E-state index < -0.39 is 11.6 Å². The maximum absolute atomic E-state index is 13.5. The summed E-state index contributed by atoms with van der Waals surface area (Å²) in [4.78, 5) is 28.0. The maximum Gasteiger partial charge on any atom is 0.253 e. The van der Waals surface area contributed by atoms with Crippen LogP contribution < -0.4 is 0 Å². The van der Waals surface area contributed by atoms with Gasteiger partial charge in [0.2, 0.25) is 5.91 Å². The number of fused-ring (bicyclic) bond motifs is 1. The molecule has 3 rings (SSSR count). The summed E-state index contributed by atoms with van der Waals surface area (Å²) >= 11 is 0. The minimum absolute atomic E-state index is 0.0281. The van der Waals surface area contributed by atoms with Crippen LogP contribution in [-0.2, 0) is 9.53 Å². The summed E-state index contributed by atoms with van der Waals surface area (Å²) in [5.41, 5.74) is -0.0616. The van der Waals surface area contributed by atoms with Crippen molar-refractivity contribution in [1.82, 2.24) is 9.80 Å². The van der Waals surface area contributed by atoms with E-state index >= 15 is 0 Å². The Balaban J connectivity index is 1.81. The first kappa shape index (κ1) is 18.8. The van der Waals surface area contributed by atoms with E-state index in [1.807, 2.05) is 6.92 Å². The van der Waals surface area contributed by atoms with E-state index in [0.29, 0.717) is 39.4 Å². The number of carbonyl (C=O) groups excluding carboxylic acids is 2. The molecule has 7 heteroatoms. The highest BCUT2D eigenvalue weighted by Crippen LogP contribution is 2.43. The Labute approximate surface area is 151 Å². The minimum Gasteiger partial charge on any atom is -0.381 e. The third kappa shape index (κ3) is 3.45. The standard InChI is InChI=1S/C19H24F2N2O3/c1-3-26-12-19-6-7-22(13(2)24)9-15(19)10-23(11-19)18(25)14-4-5-16(20)17(21)8-14/h4-5,8,15H,3,6-7,9-12H2,1-2H3/t15-,19+/m1/s1. The number of carbonyl (C=O) groups is 2. The van der Waals surface area contributed by atoms with Gasteiger partial charge in [-0.2, -0.15) is 0 Å². The van der Waals surface area contributed by atoms with Gasteiger partial charge in [0.15, 0.2) is 11.6 Å². The van der Waals surface area contributed by atoms with Crippen LogP contribution in [0.25, 0.3) is 0 Å². The van der Waals surface area contributed by atoms with Crippen LogP contribution in [0.5, 0.6) is 0 Å². The second kappa shape index (κ2) is 7.31. The van der Waals surface area contributed by atoms with Crippen molar-refractivity contribution < 1.29 is 23.1 Å². The van der Waals surface area contributed by atoms with E-state index in [9.17, 15) is 18.4 Å². The Bertz CT molecular complexity index is 712. The van der Waals surface area contributed by atoms with Gasteiger partial charge in [0.25, 0.3) is 5.91 Å². The van der Waals surface area contributed by atoms with Crippen LogP contribution in [0.3, 0.4) is 0 Å². The first-order chi connectivity index (χ1) is 12.4. The molecule has 0 aromatic heterocycles. The smallest absolute Gasteiger partial charge is 0.253 e. The lowest BCUT2D eigenvalue weighted by Gasteiger charge is -2.42. The fourth-order valence-electron chi connectivity index (χ4n) is 4.08. The highest BCUT2D eigenvalue weighted by Gasteiger charge is 2.51. The number of hydrogen-bond donors (Lipinski definition) is 0. The molecular weight excluding hydrogens is 342 g/mol. The fourth-order valence-corrected chi connectivity index (χ4v) is 4.08. The maximum atomic E-state index is 13.5. The van der Waals surface area contributed by atoms with Gasteiger partial charge in [0.05, 0.1) is 6.61 Å². The Kier molecular flexibility index (Phi) is 5.27. The topological polar surface area (TPSA) is 49.9 Å².